The third-order valence-corrected chi connectivity index (χ3v) is 11.9. The molecule has 3 heterocycles. The first kappa shape index (κ1) is 56.7. The molecule has 6 rings (SSSR count). The zero-order chi connectivity index (χ0) is 50.2. The largest absolute Gasteiger partial charge is 0.480 e. The number of aliphatic carboxylic acids is 1. The second-order valence-electron chi connectivity index (χ2n) is 18.0. The highest BCUT2D eigenvalue weighted by atomic mass is 16.4. The minimum atomic E-state index is -1.17. The van der Waals surface area contributed by atoms with Gasteiger partial charge >= 0.3 is 5.97 Å². The Bertz CT molecular complexity index is 2110. The van der Waals surface area contributed by atoms with E-state index in [9.17, 15) is 48.3 Å². The van der Waals surface area contributed by atoms with Crippen LogP contribution in [0, 0.1) is 17.8 Å². The number of nitrogens with two attached hydrogens (primary N) is 2. The quantitative estimate of drug-likeness (QED) is 0.0617. The maximum absolute atomic E-state index is 13.0. The predicted molar refractivity (Wildman–Crippen MR) is 262 cm³/mol. The van der Waals surface area contributed by atoms with Crippen molar-refractivity contribution < 1.29 is 48.3 Å². The molecular weight excluding hydrogens is 883 g/mol. The molecule has 3 aliphatic heterocycles. The lowest BCUT2D eigenvalue weighted by atomic mass is 10.0. The van der Waals surface area contributed by atoms with Gasteiger partial charge in [0, 0.05) is 13.1 Å². The molecule has 8 amide bonds. The molecule has 3 aromatic rings. The van der Waals surface area contributed by atoms with Crippen molar-refractivity contribution in [3.63, 3.8) is 0 Å². The Balaban J connectivity index is 0.000000382. The van der Waals surface area contributed by atoms with Gasteiger partial charge in [-0.25, -0.2) is 4.79 Å². The summed E-state index contributed by atoms with van der Waals surface area (Å²) in [5.41, 5.74) is 12.4. The number of amides is 8. The number of carbonyl (C=O) groups is 9. The summed E-state index contributed by atoms with van der Waals surface area (Å²) in [6.07, 6.45) is 7.76. The first-order chi connectivity index (χ1) is 32.4. The number of hydrogen-bond acceptors (Lipinski definition) is 11. The molecule has 3 aromatic carbocycles. The van der Waals surface area contributed by atoms with Crippen LogP contribution in [0.1, 0.15) is 162 Å². The Kier molecular flexibility index (Phi) is 22.1. The molecule has 0 aromatic heterocycles. The molecule has 0 saturated carbocycles. The lowest BCUT2D eigenvalue weighted by Gasteiger charge is -2.28. The number of carboxylic acid groups (broad SMARTS) is 1. The van der Waals surface area contributed by atoms with E-state index in [0.29, 0.717) is 48.2 Å². The minimum absolute atomic E-state index is 0. The summed E-state index contributed by atoms with van der Waals surface area (Å²) in [5.74, 6) is -5.61. The molecular formula is C52H71N7O10. The molecule has 374 valence electrons. The summed E-state index contributed by atoms with van der Waals surface area (Å²) in [6, 6.07) is 16.6. The van der Waals surface area contributed by atoms with Crippen LogP contribution in [-0.2, 0) is 14.4 Å². The fourth-order valence-electron chi connectivity index (χ4n) is 8.39. The van der Waals surface area contributed by atoms with Gasteiger partial charge in [-0.15, -0.1) is 0 Å². The smallest absolute Gasteiger partial charge is 0.327 e. The SMILES string of the molecule is C.CC(C)C(C(=O)NCCCCCCNC(=O)C(C(C)C)N1C(=O)c2ccccc2C1=O)N1C(=O)c2ccccc2C1=O.CC(C)C(C(=O)O)N1C(=O)c2ccccc2C1=O.NCCCCCCN. The van der Waals surface area contributed by atoms with Crippen LogP contribution < -0.4 is 22.1 Å². The van der Waals surface area contributed by atoms with Crippen molar-refractivity contribution >= 4 is 53.2 Å². The van der Waals surface area contributed by atoms with Crippen molar-refractivity contribution in [2.24, 2.45) is 29.2 Å². The van der Waals surface area contributed by atoms with Crippen LogP contribution in [0.5, 0.6) is 0 Å². The van der Waals surface area contributed by atoms with Gasteiger partial charge in [0.2, 0.25) is 11.8 Å². The second kappa shape index (κ2) is 26.8. The first-order valence-electron chi connectivity index (χ1n) is 23.5. The van der Waals surface area contributed by atoms with Gasteiger partial charge in [-0.05, 0) is 92.9 Å². The highest BCUT2D eigenvalue weighted by Gasteiger charge is 2.46. The van der Waals surface area contributed by atoms with E-state index in [1.54, 1.807) is 102 Å². The van der Waals surface area contributed by atoms with Gasteiger partial charge in [-0.3, -0.25) is 53.1 Å². The standard InChI is InChI=1S/C32H38N4O6.C13H13NO4.C6H16N2.CH4/c1-19(2)25(35-29(39)21-13-7-8-14-22(21)30(35)40)27(37)33-17-11-5-6-12-18-34-28(38)26(20(3)4)36-31(41)23-15-9-10-16-24(23)32(36)42;1-7(2)10(13(17)18)14-11(15)8-5-3-4-6-9(8)12(14)16;7-5-3-1-2-4-6-8;/h7-10,13-16,19-20,25-26H,5-6,11-12,17-18H2,1-4H3,(H,33,37)(H,34,38);3-7,10H,1-2H3,(H,17,18);1-8H2;1H4. The van der Waals surface area contributed by atoms with Gasteiger partial charge in [0.05, 0.1) is 33.4 Å². The van der Waals surface area contributed by atoms with E-state index >= 15 is 0 Å². The Morgan fingerprint density at radius 1 is 0.435 bits per heavy atom. The predicted octanol–water partition coefficient (Wildman–Crippen LogP) is 5.91. The third-order valence-electron chi connectivity index (χ3n) is 11.9. The number of carbonyl (C=O) groups excluding carboxylic acids is 8. The number of nitrogens with one attached hydrogen (secondary N) is 2. The van der Waals surface area contributed by atoms with Crippen molar-refractivity contribution in [2.75, 3.05) is 26.2 Å². The molecule has 17 heteroatoms. The van der Waals surface area contributed by atoms with Gasteiger partial charge in [0.25, 0.3) is 35.4 Å². The van der Waals surface area contributed by atoms with Crippen LogP contribution in [0.15, 0.2) is 72.8 Å². The van der Waals surface area contributed by atoms with Crippen LogP contribution in [0.4, 0.5) is 0 Å². The molecule has 0 bridgehead atoms. The Morgan fingerprint density at radius 2 is 0.667 bits per heavy atom. The van der Waals surface area contributed by atoms with E-state index in [0.717, 1.165) is 53.5 Å². The van der Waals surface area contributed by atoms with Gasteiger partial charge in [0.1, 0.15) is 18.1 Å². The van der Waals surface area contributed by atoms with Crippen molar-refractivity contribution in [3.8, 4) is 0 Å². The number of rotatable bonds is 21. The Hall–Kier alpha value is -6.59. The van der Waals surface area contributed by atoms with E-state index in [-0.39, 0.29) is 48.1 Å². The molecule has 3 aliphatic rings. The number of imide groups is 3. The average molecular weight is 954 g/mol. The number of unbranched alkanes of at least 4 members (excludes halogenated alkanes) is 6. The van der Waals surface area contributed by atoms with E-state index in [1.165, 1.54) is 25.0 Å². The van der Waals surface area contributed by atoms with Crippen molar-refractivity contribution in [3.05, 3.63) is 106 Å². The molecule has 0 fully saturated rings. The van der Waals surface area contributed by atoms with Crippen LogP contribution in [0.2, 0.25) is 0 Å². The summed E-state index contributed by atoms with van der Waals surface area (Å²) in [5, 5.41) is 14.9. The zero-order valence-electron chi connectivity index (χ0n) is 40.0. The molecule has 0 aliphatic carbocycles. The number of hydrogen-bond donors (Lipinski definition) is 5. The fourth-order valence-corrected chi connectivity index (χ4v) is 8.39. The molecule has 0 saturated heterocycles. The van der Waals surface area contributed by atoms with E-state index < -0.39 is 59.5 Å². The minimum Gasteiger partial charge on any atom is -0.480 e. The van der Waals surface area contributed by atoms with Gasteiger partial charge in [-0.1, -0.05) is 111 Å². The molecule has 69 heavy (non-hydrogen) atoms. The first-order valence-corrected chi connectivity index (χ1v) is 23.5. The lowest BCUT2D eigenvalue weighted by Crippen LogP contribution is -2.52. The summed E-state index contributed by atoms with van der Waals surface area (Å²) in [4.78, 5) is 116. The molecule has 3 unspecified atom stereocenters. The Labute approximate surface area is 405 Å². The topological polar surface area (TPSA) is 260 Å². The normalized spacial score (nSPS) is 14.9. The van der Waals surface area contributed by atoms with E-state index in [4.69, 9.17) is 11.5 Å². The number of fused-ring (bicyclic) bond motifs is 3. The zero-order valence-corrected chi connectivity index (χ0v) is 40.0. The molecule has 0 spiro atoms. The second-order valence-corrected chi connectivity index (χ2v) is 18.0. The maximum atomic E-state index is 13.0. The molecule has 7 N–H and O–H groups in total. The van der Waals surface area contributed by atoms with Gasteiger partial charge < -0.3 is 27.2 Å². The molecule has 3 atom stereocenters. The van der Waals surface area contributed by atoms with Crippen molar-refractivity contribution in [1.82, 2.24) is 25.3 Å². The molecule has 0 radical (unpaired) electrons. The summed E-state index contributed by atoms with van der Waals surface area (Å²) in [7, 11) is 0. The van der Waals surface area contributed by atoms with Crippen molar-refractivity contribution in [2.45, 2.75) is 118 Å². The summed E-state index contributed by atoms with van der Waals surface area (Å²) >= 11 is 0. The van der Waals surface area contributed by atoms with E-state index in [1.807, 2.05) is 0 Å². The van der Waals surface area contributed by atoms with Crippen LogP contribution in [0.25, 0.3) is 0 Å². The highest BCUT2D eigenvalue weighted by Crippen LogP contribution is 2.30. The van der Waals surface area contributed by atoms with E-state index in [2.05, 4.69) is 10.6 Å². The summed E-state index contributed by atoms with van der Waals surface area (Å²) < 4.78 is 0. The molecule has 17 nitrogen and oxygen atoms in total. The van der Waals surface area contributed by atoms with Gasteiger partial charge in [0.15, 0.2) is 0 Å². The average Bonchev–Trinajstić information content (AvgIpc) is 3.81. The van der Waals surface area contributed by atoms with Crippen LogP contribution in [-0.4, -0.2) is 117 Å². The number of carboxylic acids is 1. The van der Waals surface area contributed by atoms with Gasteiger partial charge in [-0.2, -0.15) is 0 Å². The highest BCUT2D eigenvalue weighted by molar-refractivity contribution is 6.24. The maximum Gasteiger partial charge on any atom is 0.327 e. The Morgan fingerprint density at radius 3 is 0.884 bits per heavy atom. The lowest BCUT2D eigenvalue weighted by molar-refractivity contribution is -0.143. The van der Waals surface area contributed by atoms with Crippen molar-refractivity contribution in [1.29, 1.82) is 0 Å². The monoisotopic (exact) mass is 954 g/mol. The fraction of sp³-hybridized carbons (Fsp3) is 0.481. The van der Waals surface area contributed by atoms with Crippen LogP contribution in [0.3, 0.4) is 0 Å². The summed E-state index contributed by atoms with van der Waals surface area (Å²) in [6.45, 7) is 13.0. The number of nitrogens with zero attached hydrogens (tertiary/aromatic N) is 3. The third kappa shape index (κ3) is 13.6. The van der Waals surface area contributed by atoms with Crippen LogP contribution >= 0.6 is 0 Å². The number of benzene rings is 3.